The van der Waals surface area contributed by atoms with Crippen molar-refractivity contribution < 1.29 is 28.8 Å². The lowest BCUT2D eigenvalue weighted by atomic mass is 10.2. The maximum atomic E-state index is 9.35. The van der Waals surface area contributed by atoms with Crippen molar-refractivity contribution in [2.24, 2.45) is 0 Å². The van der Waals surface area contributed by atoms with Crippen LogP contribution in [0.3, 0.4) is 0 Å². The van der Waals surface area contributed by atoms with Crippen molar-refractivity contribution in [2.45, 2.75) is 39.6 Å². The van der Waals surface area contributed by atoms with E-state index in [9.17, 15) is 5.11 Å². The van der Waals surface area contributed by atoms with Gasteiger partial charge in [0.1, 0.15) is 61.8 Å². The lowest BCUT2D eigenvalue weighted by Gasteiger charge is -2.12. The third kappa shape index (κ3) is 9.89. The van der Waals surface area contributed by atoms with Gasteiger partial charge in [-0.3, -0.25) is 0 Å². The minimum absolute atomic E-state index is 0.0157. The van der Waals surface area contributed by atoms with Gasteiger partial charge in [-0.15, -0.1) is 0 Å². The van der Waals surface area contributed by atoms with E-state index in [1.807, 2.05) is 140 Å². The summed E-state index contributed by atoms with van der Waals surface area (Å²) < 4.78 is 30.2. The number of aliphatic hydroxyl groups is 1. The molecule has 0 saturated carbocycles. The average molecular weight is 639 g/mol. The molecule has 0 aliphatic rings. The third-order valence-corrected chi connectivity index (χ3v) is 7.55. The van der Waals surface area contributed by atoms with Crippen LogP contribution in [0.15, 0.2) is 152 Å². The zero-order chi connectivity index (χ0) is 32.8. The summed E-state index contributed by atoms with van der Waals surface area (Å²) in [5.41, 5.74) is 5.98. The topological polar surface area (TPSA) is 66.4 Å². The molecule has 0 amide bonds. The van der Waals surface area contributed by atoms with Crippen molar-refractivity contribution in [3.8, 4) is 28.7 Å². The quantitative estimate of drug-likeness (QED) is 0.114. The van der Waals surface area contributed by atoms with Gasteiger partial charge in [0.15, 0.2) is 0 Å². The van der Waals surface area contributed by atoms with Gasteiger partial charge in [0, 0.05) is 0 Å². The van der Waals surface area contributed by atoms with Crippen LogP contribution in [0, 0.1) is 0 Å². The molecule has 0 bridgehead atoms. The van der Waals surface area contributed by atoms with E-state index < -0.39 is 0 Å². The second-order valence-corrected chi connectivity index (χ2v) is 11.3. The fraction of sp³-hybridized carbons (Fsp3) is 0.143. The molecule has 0 aromatic heterocycles. The van der Waals surface area contributed by atoms with Gasteiger partial charge in [-0.05, 0) is 94.0 Å². The molecule has 0 aliphatic carbocycles. The number of hydrogen-bond donors (Lipinski definition) is 1. The summed E-state index contributed by atoms with van der Waals surface area (Å²) in [6.45, 7) is 2.16. The van der Waals surface area contributed by atoms with Gasteiger partial charge < -0.3 is 28.8 Å². The Bertz CT molecular complexity index is 1890. The van der Waals surface area contributed by atoms with Gasteiger partial charge in [0.25, 0.3) is 0 Å². The summed E-state index contributed by atoms with van der Waals surface area (Å²) in [6, 6.07) is 49.3. The van der Waals surface area contributed by atoms with E-state index in [0.29, 0.717) is 33.0 Å². The van der Waals surface area contributed by atoms with E-state index in [1.54, 1.807) is 0 Å². The molecule has 6 rings (SSSR count). The lowest BCUT2D eigenvalue weighted by molar-refractivity contribution is 0.277. The molecule has 0 spiro atoms. The van der Waals surface area contributed by atoms with Crippen LogP contribution in [0.25, 0.3) is 0 Å². The molecule has 6 aromatic rings. The molecule has 0 atom stereocenters. The Kier molecular flexibility index (Phi) is 11.2. The molecule has 1 N–H and O–H groups in total. The Morgan fingerprint density at radius 1 is 0.292 bits per heavy atom. The van der Waals surface area contributed by atoms with Crippen molar-refractivity contribution in [3.05, 3.63) is 185 Å². The Morgan fingerprint density at radius 3 is 0.896 bits per heavy atom. The minimum Gasteiger partial charge on any atom is -0.489 e. The number of rotatable bonds is 16. The summed E-state index contributed by atoms with van der Waals surface area (Å²) in [6.07, 6.45) is 0. The molecule has 0 heterocycles. The number of ether oxygens (including phenoxy) is 5. The molecular weight excluding hydrogens is 600 g/mol. The highest BCUT2D eigenvalue weighted by atomic mass is 16.5. The smallest absolute Gasteiger partial charge is 0.120 e. The van der Waals surface area contributed by atoms with Gasteiger partial charge >= 0.3 is 0 Å². The molecule has 242 valence electrons. The highest BCUT2D eigenvalue weighted by molar-refractivity contribution is 5.34. The van der Waals surface area contributed by atoms with Crippen LogP contribution in [-0.4, -0.2) is 5.11 Å². The van der Waals surface area contributed by atoms with Crippen LogP contribution >= 0.6 is 0 Å². The predicted octanol–water partition coefficient (Wildman–Crippen LogP) is 9.07. The monoisotopic (exact) mass is 638 g/mol. The van der Waals surface area contributed by atoms with Gasteiger partial charge in [0.2, 0.25) is 0 Å². The van der Waals surface area contributed by atoms with Crippen molar-refractivity contribution in [3.63, 3.8) is 0 Å². The van der Waals surface area contributed by atoms with Crippen LogP contribution in [0.5, 0.6) is 28.7 Å². The Hall–Kier alpha value is -5.72. The Labute approximate surface area is 281 Å². The summed E-state index contributed by atoms with van der Waals surface area (Å²) in [5, 5.41) is 9.35. The zero-order valence-electron chi connectivity index (χ0n) is 26.7. The van der Waals surface area contributed by atoms with Gasteiger partial charge in [-0.2, -0.15) is 0 Å². The number of benzene rings is 6. The van der Waals surface area contributed by atoms with Crippen LogP contribution in [0.1, 0.15) is 33.4 Å². The fourth-order valence-corrected chi connectivity index (χ4v) is 5.04. The first-order valence-electron chi connectivity index (χ1n) is 15.9. The largest absolute Gasteiger partial charge is 0.489 e. The van der Waals surface area contributed by atoms with E-state index in [2.05, 4.69) is 12.1 Å². The normalized spacial score (nSPS) is 10.7. The van der Waals surface area contributed by atoms with Gasteiger partial charge in [0.05, 0.1) is 6.61 Å². The van der Waals surface area contributed by atoms with Crippen LogP contribution in [0.4, 0.5) is 0 Å². The Balaban J connectivity index is 0.967. The average Bonchev–Trinajstić information content (AvgIpc) is 3.15. The summed E-state index contributed by atoms with van der Waals surface area (Å²) >= 11 is 0. The zero-order valence-corrected chi connectivity index (χ0v) is 26.7. The van der Waals surface area contributed by atoms with Gasteiger partial charge in [-0.25, -0.2) is 0 Å². The maximum Gasteiger partial charge on any atom is 0.120 e. The highest BCUT2D eigenvalue weighted by Gasteiger charge is 2.05. The van der Waals surface area contributed by atoms with Crippen LogP contribution < -0.4 is 23.7 Å². The number of hydrogen-bond acceptors (Lipinski definition) is 6. The summed E-state index contributed by atoms with van der Waals surface area (Å²) in [4.78, 5) is 0. The Morgan fingerprint density at radius 2 is 0.562 bits per heavy atom. The molecule has 0 saturated heterocycles. The second-order valence-electron chi connectivity index (χ2n) is 11.3. The first-order valence-corrected chi connectivity index (χ1v) is 15.9. The van der Waals surface area contributed by atoms with Crippen LogP contribution in [0.2, 0.25) is 0 Å². The minimum atomic E-state index is -0.0157. The van der Waals surface area contributed by atoms with Crippen molar-refractivity contribution >= 4 is 0 Å². The molecule has 48 heavy (non-hydrogen) atoms. The maximum absolute atomic E-state index is 9.35. The fourth-order valence-electron chi connectivity index (χ4n) is 5.04. The third-order valence-electron chi connectivity index (χ3n) is 7.55. The first-order chi connectivity index (χ1) is 23.7. The summed E-state index contributed by atoms with van der Waals surface area (Å²) in [5.74, 6) is 3.84. The molecule has 6 aromatic carbocycles. The first kappa shape index (κ1) is 32.2. The SMILES string of the molecule is OCc1cccc(OCc2cccc(OCc3cccc(OCc4cccc(OCc5cccc(OCc6ccccc6)c5)c4)c3)c2)c1. The van der Waals surface area contributed by atoms with E-state index in [4.69, 9.17) is 23.7 Å². The molecular formula is C42H38O6. The van der Waals surface area contributed by atoms with Gasteiger partial charge in [-0.1, -0.05) is 91.0 Å². The highest BCUT2D eigenvalue weighted by Crippen LogP contribution is 2.23. The molecule has 6 nitrogen and oxygen atoms in total. The van der Waals surface area contributed by atoms with Crippen LogP contribution in [-0.2, 0) is 39.6 Å². The molecule has 0 radical (unpaired) electrons. The van der Waals surface area contributed by atoms with E-state index in [1.165, 1.54) is 0 Å². The van der Waals surface area contributed by atoms with E-state index in [-0.39, 0.29) is 6.61 Å². The molecule has 0 aliphatic heterocycles. The number of aliphatic hydroxyl groups excluding tert-OH is 1. The standard InChI is InChI=1S/C42H38O6/c43-26-33-11-4-16-38(21-33)45-28-35-13-6-18-40(23-35)47-30-37-15-8-20-42(25-37)48-31-36-14-7-19-41(24-36)46-29-34-12-5-17-39(22-34)44-27-32-9-2-1-3-10-32/h1-25,43H,26-31H2. The van der Waals surface area contributed by atoms with E-state index in [0.717, 1.165) is 62.1 Å². The van der Waals surface area contributed by atoms with Crippen molar-refractivity contribution in [2.75, 3.05) is 0 Å². The molecule has 0 unspecified atom stereocenters. The molecule has 6 heteroatoms. The molecule has 0 fully saturated rings. The van der Waals surface area contributed by atoms with Crippen molar-refractivity contribution in [1.82, 2.24) is 0 Å². The predicted molar refractivity (Wildman–Crippen MR) is 186 cm³/mol. The second kappa shape index (κ2) is 16.7. The lowest BCUT2D eigenvalue weighted by Crippen LogP contribution is -2.01. The van der Waals surface area contributed by atoms with Crippen molar-refractivity contribution in [1.29, 1.82) is 0 Å². The summed E-state index contributed by atoms with van der Waals surface area (Å²) in [7, 11) is 0. The van der Waals surface area contributed by atoms with E-state index >= 15 is 0 Å².